The molecule has 0 aliphatic rings. The molecular weight excluding hydrogens is 289 g/mol. The number of carbonyl (C=O) groups is 1. The molecule has 5 nitrogen and oxygen atoms in total. The van der Waals surface area contributed by atoms with Crippen molar-refractivity contribution in [2.24, 2.45) is 5.73 Å². The van der Waals surface area contributed by atoms with E-state index in [1.54, 1.807) is 12.1 Å². The van der Waals surface area contributed by atoms with Gasteiger partial charge in [-0.1, -0.05) is 24.9 Å². The van der Waals surface area contributed by atoms with Crippen LogP contribution in [0.4, 0.5) is 0 Å². The Hall–Kier alpha value is -1.04. The number of ether oxygens (including phenoxy) is 1. The summed E-state index contributed by atoms with van der Waals surface area (Å²) >= 11 is 5.69. The van der Waals surface area contributed by atoms with E-state index in [1.807, 2.05) is 6.92 Å². The number of amides is 1. The summed E-state index contributed by atoms with van der Waals surface area (Å²) in [4.78, 5) is 15.4. The molecule has 19 heavy (non-hydrogen) atoms. The lowest BCUT2D eigenvalue weighted by Crippen LogP contribution is -2.41. The Labute approximate surface area is 124 Å². The van der Waals surface area contributed by atoms with Gasteiger partial charge < -0.3 is 15.8 Å². The average Bonchev–Trinajstić information content (AvgIpc) is 2.36. The van der Waals surface area contributed by atoms with Crippen LogP contribution in [0.25, 0.3) is 0 Å². The molecule has 0 aromatic carbocycles. The van der Waals surface area contributed by atoms with Gasteiger partial charge in [0, 0.05) is 12.3 Å². The van der Waals surface area contributed by atoms with E-state index in [-0.39, 0.29) is 18.3 Å². The zero-order valence-electron chi connectivity index (χ0n) is 10.8. The van der Waals surface area contributed by atoms with Gasteiger partial charge in [0.15, 0.2) is 0 Å². The van der Waals surface area contributed by atoms with E-state index in [9.17, 15) is 4.79 Å². The Morgan fingerprint density at radius 3 is 2.89 bits per heavy atom. The number of halogens is 2. The second-order valence-electron chi connectivity index (χ2n) is 3.85. The lowest BCUT2D eigenvalue weighted by atomic mass is 10.2. The summed E-state index contributed by atoms with van der Waals surface area (Å²) in [7, 11) is 0. The standard InChI is InChI=1S/C12H18ClN3O2.ClH/c1-2-3-10(14)12(17)15-6-7-18-11-5-4-9(13)8-16-11;/h4-5,8,10H,2-3,6-7,14H2,1H3,(H,15,17);1H. The Bertz CT molecular complexity index is 374. The van der Waals surface area contributed by atoms with Gasteiger partial charge in [0.25, 0.3) is 0 Å². The smallest absolute Gasteiger partial charge is 0.237 e. The van der Waals surface area contributed by atoms with Gasteiger partial charge in [-0.3, -0.25) is 4.79 Å². The molecule has 1 amide bonds. The van der Waals surface area contributed by atoms with Gasteiger partial charge in [-0.2, -0.15) is 0 Å². The van der Waals surface area contributed by atoms with Crippen molar-refractivity contribution in [3.8, 4) is 5.88 Å². The Morgan fingerprint density at radius 1 is 1.58 bits per heavy atom. The van der Waals surface area contributed by atoms with Gasteiger partial charge in [0.05, 0.1) is 17.6 Å². The molecule has 0 saturated heterocycles. The number of aromatic nitrogens is 1. The minimum atomic E-state index is -0.441. The second-order valence-corrected chi connectivity index (χ2v) is 4.29. The average molecular weight is 308 g/mol. The zero-order chi connectivity index (χ0) is 13.4. The van der Waals surface area contributed by atoms with Gasteiger partial charge in [-0.05, 0) is 12.5 Å². The number of rotatable bonds is 7. The third-order valence-electron chi connectivity index (χ3n) is 2.29. The molecule has 0 saturated carbocycles. The fourth-order valence-electron chi connectivity index (χ4n) is 1.35. The van der Waals surface area contributed by atoms with Crippen molar-refractivity contribution in [2.45, 2.75) is 25.8 Å². The predicted molar refractivity (Wildman–Crippen MR) is 77.9 cm³/mol. The van der Waals surface area contributed by atoms with Crippen molar-refractivity contribution in [2.75, 3.05) is 13.2 Å². The molecule has 1 rings (SSSR count). The molecule has 1 aromatic rings. The predicted octanol–water partition coefficient (Wildman–Crippen LogP) is 1.78. The van der Waals surface area contributed by atoms with Crippen molar-refractivity contribution < 1.29 is 9.53 Å². The summed E-state index contributed by atoms with van der Waals surface area (Å²) < 4.78 is 5.33. The minimum absolute atomic E-state index is 0. The van der Waals surface area contributed by atoms with E-state index in [0.717, 1.165) is 6.42 Å². The highest BCUT2D eigenvalue weighted by Crippen LogP contribution is 2.10. The lowest BCUT2D eigenvalue weighted by molar-refractivity contribution is -0.122. The van der Waals surface area contributed by atoms with Crippen LogP contribution in [0.5, 0.6) is 5.88 Å². The van der Waals surface area contributed by atoms with E-state index in [4.69, 9.17) is 22.1 Å². The molecule has 0 bridgehead atoms. The molecule has 1 heterocycles. The van der Waals surface area contributed by atoms with E-state index in [0.29, 0.717) is 30.5 Å². The van der Waals surface area contributed by atoms with E-state index < -0.39 is 6.04 Å². The molecule has 0 radical (unpaired) electrons. The van der Waals surface area contributed by atoms with Gasteiger partial charge in [-0.15, -0.1) is 12.4 Å². The van der Waals surface area contributed by atoms with Gasteiger partial charge >= 0.3 is 0 Å². The fourth-order valence-corrected chi connectivity index (χ4v) is 1.46. The summed E-state index contributed by atoms with van der Waals surface area (Å²) in [5.41, 5.74) is 5.66. The van der Waals surface area contributed by atoms with E-state index >= 15 is 0 Å². The molecule has 1 atom stereocenters. The Balaban J connectivity index is 0.00000324. The van der Waals surface area contributed by atoms with Crippen LogP contribution >= 0.6 is 24.0 Å². The first kappa shape index (κ1) is 18.0. The maximum atomic E-state index is 11.5. The third kappa shape index (κ3) is 7.20. The number of nitrogens with two attached hydrogens (primary N) is 1. The monoisotopic (exact) mass is 307 g/mol. The maximum absolute atomic E-state index is 11.5. The molecule has 0 aliphatic heterocycles. The van der Waals surface area contributed by atoms with Crippen LogP contribution in [-0.4, -0.2) is 30.1 Å². The molecule has 0 fully saturated rings. The van der Waals surface area contributed by atoms with Crippen LogP contribution in [0.1, 0.15) is 19.8 Å². The van der Waals surface area contributed by atoms with E-state index in [1.165, 1.54) is 6.20 Å². The number of carbonyl (C=O) groups excluding carboxylic acids is 1. The van der Waals surface area contributed by atoms with Gasteiger partial charge in [0.2, 0.25) is 11.8 Å². The van der Waals surface area contributed by atoms with Crippen LogP contribution in [0.3, 0.4) is 0 Å². The highest BCUT2D eigenvalue weighted by molar-refractivity contribution is 6.30. The molecule has 7 heteroatoms. The maximum Gasteiger partial charge on any atom is 0.237 e. The van der Waals surface area contributed by atoms with Crippen LogP contribution < -0.4 is 15.8 Å². The molecule has 1 aromatic heterocycles. The molecule has 1 unspecified atom stereocenters. The van der Waals surface area contributed by atoms with Crippen molar-refractivity contribution in [3.05, 3.63) is 23.4 Å². The summed E-state index contributed by atoms with van der Waals surface area (Å²) in [6.07, 6.45) is 3.08. The molecule has 108 valence electrons. The first-order chi connectivity index (χ1) is 8.63. The first-order valence-electron chi connectivity index (χ1n) is 5.91. The van der Waals surface area contributed by atoms with Gasteiger partial charge in [-0.25, -0.2) is 4.98 Å². The molecular formula is C12H19Cl2N3O2. The fraction of sp³-hybridized carbons (Fsp3) is 0.500. The summed E-state index contributed by atoms with van der Waals surface area (Å²) in [6, 6.07) is 2.93. The normalized spacial score (nSPS) is 11.3. The van der Waals surface area contributed by atoms with E-state index in [2.05, 4.69) is 10.3 Å². The number of pyridine rings is 1. The summed E-state index contributed by atoms with van der Waals surface area (Å²) in [5, 5.41) is 3.26. The third-order valence-corrected chi connectivity index (χ3v) is 2.51. The number of hydrogen-bond donors (Lipinski definition) is 2. The van der Waals surface area contributed by atoms with Crippen LogP contribution in [0.15, 0.2) is 18.3 Å². The van der Waals surface area contributed by atoms with Crippen molar-refractivity contribution >= 4 is 29.9 Å². The Morgan fingerprint density at radius 2 is 2.32 bits per heavy atom. The van der Waals surface area contributed by atoms with Crippen molar-refractivity contribution in [3.63, 3.8) is 0 Å². The zero-order valence-corrected chi connectivity index (χ0v) is 12.3. The Kier molecular flexibility index (Phi) is 9.30. The van der Waals surface area contributed by atoms with Crippen molar-refractivity contribution in [1.82, 2.24) is 10.3 Å². The van der Waals surface area contributed by atoms with Gasteiger partial charge in [0.1, 0.15) is 6.61 Å². The minimum Gasteiger partial charge on any atom is -0.476 e. The highest BCUT2D eigenvalue weighted by atomic mass is 35.5. The molecule has 0 aliphatic carbocycles. The number of nitrogens with one attached hydrogen (secondary N) is 1. The molecule has 3 N–H and O–H groups in total. The molecule has 0 spiro atoms. The highest BCUT2D eigenvalue weighted by Gasteiger charge is 2.10. The quantitative estimate of drug-likeness (QED) is 0.753. The van der Waals surface area contributed by atoms with Crippen molar-refractivity contribution in [1.29, 1.82) is 0 Å². The summed E-state index contributed by atoms with van der Waals surface area (Å²) in [6.45, 7) is 2.74. The SMILES string of the molecule is CCCC(N)C(=O)NCCOc1ccc(Cl)cn1.Cl. The summed E-state index contributed by atoms with van der Waals surface area (Å²) in [5.74, 6) is 0.330. The topological polar surface area (TPSA) is 77.2 Å². The first-order valence-corrected chi connectivity index (χ1v) is 6.29. The lowest BCUT2D eigenvalue weighted by Gasteiger charge is -2.11. The largest absolute Gasteiger partial charge is 0.476 e. The van der Waals surface area contributed by atoms with Crippen LogP contribution in [-0.2, 0) is 4.79 Å². The number of hydrogen-bond acceptors (Lipinski definition) is 4. The van der Waals surface area contributed by atoms with Crippen LogP contribution in [0.2, 0.25) is 5.02 Å². The number of nitrogens with zero attached hydrogens (tertiary/aromatic N) is 1. The second kappa shape index (κ2) is 9.83. The van der Waals surface area contributed by atoms with Crippen LogP contribution in [0, 0.1) is 0 Å².